The van der Waals surface area contributed by atoms with E-state index in [1.807, 2.05) is 0 Å². The van der Waals surface area contributed by atoms with E-state index in [9.17, 15) is 14.0 Å². The van der Waals surface area contributed by atoms with E-state index in [0.717, 1.165) is 0 Å². The van der Waals surface area contributed by atoms with E-state index in [-0.39, 0.29) is 29.0 Å². The second-order valence-electron chi connectivity index (χ2n) is 4.94. The van der Waals surface area contributed by atoms with Crippen LogP contribution in [0.3, 0.4) is 0 Å². The Kier molecular flexibility index (Phi) is 5.17. The van der Waals surface area contributed by atoms with Crippen molar-refractivity contribution in [1.29, 1.82) is 0 Å². The molecule has 1 amide bonds. The van der Waals surface area contributed by atoms with Crippen molar-refractivity contribution in [3.05, 3.63) is 34.6 Å². The quantitative estimate of drug-likeness (QED) is 0.806. The van der Waals surface area contributed by atoms with Gasteiger partial charge in [-0.15, -0.1) is 0 Å². The molecule has 4 nitrogen and oxygen atoms in total. The summed E-state index contributed by atoms with van der Waals surface area (Å²) in [6.07, 6.45) is 1.36. The Balaban J connectivity index is 2.14. The first-order valence-corrected chi connectivity index (χ1v) is 7.32. The van der Waals surface area contributed by atoms with Gasteiger partial charge in [-0.05, 0) is 31.9 Å². The van der Waals surface area contributed by atoms with Crippen LogP contribution in [0.1, 0.15) is 30.1 Å². The summed E-state index contributed by atoms with van der Waals surface area (Å²) in [5.41, 5.74) is -0.135. The summed E-state index contributed by atoms with van der Waals surface area (Å²) in [7, 11) is 0. The minimum absolute atomic E-state index is 0.0817. The number of likely N-dealkylation sites (tertiary alicyclic amines) is 1. The topological polar surface area (TPSA) is 46.6 Å². The van der Waals surface area contributed by atoms with Crippen LogP contribution in [0.15, 0.2) is 18.2 Å². The lowest BCUT2D eigenvalue weighted by Gasteiger charge is -2.31. The van der Waals surface area contributed by atoms with Crippen molar-refractivity contribution in [2.45, 2.75) is 19.8 Å². The Hall–Kier alpha value is -1.62. The minimum Gasteiger partial charge on any atom is -0.466 e. The molecule has 1 saturated heterocycles. The average molecular weight is 314 g/mol. The lowest BCUT2D eigenvalue weighted by molar-refractivity contribution is -0.149. The maximum absolute atomic E-state index is 13.8. The SMILES string of the molecule is CCOC(=O)[C@H]1CCCN(C(=O)c2c(F)cccc2Cl)C1. The third kappa shape index (κ3) is 3.53. The van der Waals surface area contributed by atoms with E-state index in [1.54, 1.807) is 6.92 Å². The molecule has 0 radical (unpaired) electrons. The molecule has 21 heavy (non-hydrogen) atoms. The number of amides is 1. The largest absolute Gasteiger partial charge is 0.466 e. The molecule has 1 aliphatic rings. The van der Waals surface area contributed by atoms with E-state index in [1.165, 1.54) is 23.1 Å². The number of rotatable bonds is 3. The Morgan fingerprint density at radius 1 is 1.48 bits per heavy atom. The first-order valence-electron chi connectivity index (χ1n) is 6.94. The molecule has 0 N–H and O–H groups in total. The minimum atomic E-state index is -0.647. The van der Waals surface area contributed by atoms with E-state index < -0.39 is 11.7 Å². The molecule has 0 saturated carbocycles. The average Bonchev–Trinajstić information content (AvgIpc) is 2.47. The Morgan fingerprint density at radius 2 is 2.24 bits per heavy atom. The Morgan fingerprint density at radius 3 is 2.90 bits per heavy atom. The number of ether oxygens (including phenoxy) is 1. The molecular weight excluding hydrogens is 297 g/mol. The summed E-state index contributed by atoms with van der Waals surface area (Å²) >= 11 is 5.91. The highest BCUT2D eigenvalue weighted by molar-refractivity contribution is 6.33. The van der Waals surface area contributed by atoms with Crippen LogP contribution in [-0.2, 0) is 9.53 Å². The number of carbonyl (C=O) groups excluding carboxylic acids is 2. The molecule has 2 rings (SSSR count). The zero-order valence-electron chi connectivity index (χ0n) is 11.8. The third-order valence-electron chi connectivity index (χ3n) is 3.51. The highest BCUT2D eigenvalue weighted by Gasteiger charge is 2.31. The summed E-state index contributed by atoms with van der Waals surface area (Å²) in [6, 6.07) is 4.13. The monoisotopic (exact) mass is 313 g/mol. The fraction of sp³-hybridized carbons (Fsp3) is 0.467. The van der Waals surface area contributed by atoms with Crippen LogP contribution >= 0.6 is 11.6 Å². The molecule has 0 aliphatic carbocycles. The molecule has 0 unspecified atom stereocenters. The van der Waals surface area contributed by atoms with Crippen molar-refractivity contribution in [3.8, 4) is 0 Å². The predicted molar refractivity (Wildman–Crippen MR) is 76.7 cm³/mol. The Labute approximate surface area is 127 Å². The van der Waals surface area contributed by atoms with Gasteiger partial charge in [-0.2, -0.15) is 0 Å². The van der Waals surface area contributed by atoms with Crippen LogP contribution < -0.4 is 0 Å². The Bertz CT molecular complexity index is 529. The maximum atomic E-state index is 13.8. The second kappa shape index (κ2) is 6.89. The highest BCUT2D eigenvalue weighted by Crippen LogP contribution is 2.24. The van der Waals surface area contributed by atoms with Crippen molar-refractivity contribution in [2.24, 2.45) is 5.92 Å². The van der Waals surface area contributed by atoms with Gasteiger partial charge in [0, 0.05) is 13.1 Å². The number of piperidine rings is 1. The molecule has 1 aliphatic heterocycles. The van der Waals surface area contributed by atoms with E-state index in [0.29, 0.717) is 26.0 Å². The van der Waals surface area contributed by atoms with Gasteiger partial charge in [0.1, 0.15) is 5.82 Å². The zero-order valence-corrected chi connectivity index (χ0v) is 12.5. The zero-order chi connectivity index (χ0) is 15.4. The molecule has 114 valence electrons. The van der Waals surface area contributed by atoms with Crippen LogP contribution in [0, 0.1) is 11.7 Å². The second-order valence-corrected chi connectivity index (χ2v) is 5.35. The van der Waals surface area contributed by atoms with Crippen molar-refractivity contribution in [2.75, 3.05) is 19.7 Å². The van der Waals surface area contributed by atoms with Gasteiger partial charge in [0.25, 0.3) is 5.91 Å². The number of hydrogen-bond acceptors (Lipinski definition) is 3. The molecule has 1 aromatic carbocycles. The molecule has 1 heterocycles. The van der Waals surface area contributed by atoms with E-state index >= 15 is 0 Å². The van der Waals surface area contributed by atoms with Crippen molar-refractivity contribution in [1.82, 2.24) is 4.90 Å². The fourth-order valence-electron chi connectivity index (χ4n) is 2.47. The summed E-state index contributed by atoms with van der Waals surface area (Å²) in [6.45, 7) is 2.77. The van der Waals surface area contributed by atoms with Gasteiger partial charge in [0.2, 0.25) is 0 Å². The van der Waals surface area contributed by atoms with E-state index in [4.69, 9.17) is 16.3 Å². The number of benzene rings is 1. The maximum Gasteiger partial charge on any atom is 0.310 e. The molecular formula is C15H17ClFNO3. The lowest BCUT2D eigenvalue weighted by atomic mass is 9.97. The van der Waals surface area contributed by atoms with Gasteiger partial charge < -0.3 is 9.64 Å². The van der Waals surface area contributed by atoms with E-state index in [2.05, 4.69) is 0 Å². The third-order valence-corrected chi connectivity index (χ3v) is 3.82. The van der Waals surface area contributed by atoms with Gasteiger partial charge in [-0.1, -0.05) is 17.7 Å². The van der Waals surface area contributed by atoms with Gasteiger partial charge >= 0.3 is 5.97 Å². The van der Waals surface area contributed by atoms with Crippen LogP contribution in [0.25, 0.3) is 0 Å². The normalized spacial score (nSPS) is 18.4. The molecule has 0 spiro atoms. The number of nitrogens with zero attached hydrogens (tertiary/aromatic N) is 1. The van der Waals surface area contributed by atoms with Crippen molar-refractivity contribution >= 4 is 23.5 Å². The number of hydrogen-bond donors (Lipinski definition) is 0. The molecule has 0 bridgehead atoms. The molecule has 0 aromatic heterocycles. The summed E-state index contributed by atoms with van der Waals surface area (Å²) < 4.78 is 18.8. The molecule has 1 atom stereocenters. The molecule has 6 heteroatoms. The van der Waals surface area contributed by atoms with Gasteiger partial charge in [-0.3, -0.25) is 9.59 Å². The summed E-state index contributed by atoms with van der Waals surface area (Å²) in [4.78, 5) is 25.7. The fourth-order valence-corrected chi connectivity index (χ4v) is 2.72. The predicted octanol–water partition coefficient (Wildman–Crippen LogP) is 2.89. The number of esters is 1. The first kappa shape index (κ1) is 15.8. The van der Waals surface area contributed by atoms with Crippen molar-refractivity contribution in [3.63, 3.8) is 0 Å². The number of halogens is 2. The molecule has 1 aromatic rings. The van der Waals surface area contributed by atoms with Crippen LogP contribution in [0.4, 0.5) is 4.39 Å². The van der Waals surface area contributed by atoms with Crippen LogP contribution in [-0.4, -0.2) is 36.5 Å². The first-order chi connectivity index (χ1) is 10.0. The van der Waals surface area contributed by atoms with Gasteiger partial charge in [0.05, 0.1) is 23.1 Å². The summed E-state index contributed by atoms with van der Waals surface area (Å²) in [5, 5.41) is 0.0817. The number of carbonyl (C=O) groups is 2. The van der Waals surface area contributed by atoms with Gasteiger partial charge in [-0.25, -0.2) is 4.39 Å². The van der Waals surface area contributed by atoms with Crippen LogP contribution in [0.2, 0.25) is 5.02 Å². The highest BCUT2D eigenvalue weighted by atomic mass is 35.5. The molecule has 1 fully saturated rings. The lowest BCUT2D eigenvalue weighted by Crippen LogP contribution is -2.43. The van der Waals surface area contributed by atoms with Crippen LogP contribution in [0.5, 0.6) is 0 Å². The standard InChI is InChI=1S/C15H17ClFNO3/c1-2-21-15(20)10-5-4-8-18(9-10)14(19)13-11(16)6-3-7-12(13)17/h3,6-7,10H,2,4-5,8-9H2,1H3/t10-/m0/s1. The van der Waals surface area contributed by atoms with Gasteiger partial charge in [0.15, 0.2) is 0 Å². The van der Waals surface area contributed by atoms with Crippen molar-refractivity contribution < 1.29 is 18.7 Å². The smallest absolute Gasteiger partial charge is 0.310 e. The summed E-state index contributed by atoms with van der Waals surface area (Å²) in [5.74, 6) is -1.79.